The van der Waals surface area contributed by atoms with Crippen LogP contribution in [-0.4, -0.2) is 27.1 Å². The average Bonchev–Trinajstić information content (AvgIpc) is 3.14. The van der Waals surface area contributed by atoms with Gasteiger partial charge in [0, 0.05) is 28.7 Å². The van der Waals surface area contributed by atoms with Gasteiger partial charge in [-0.25, -0.2) is 9.37 Å². The normalized spacial score (nSPS) is 10.4. The van der Waals surface area contributed by atoms with Gasteiger partial charge in [-0.3, -0.25) is 25.0 Å². The molecule has 3 aromatic rings. The fourth-order valence-electron chi connectivity index (χ4n) is 2.16. The zero-order valence-electron chi connectivity index (χ0n) is 13.9. The molecule has 0 spiro atoms. The molecule has 27 heavy (non-hydrogen) atoms. The molecule has 0 aliphatic heterocycles. The van der Waals surface area contributed by atoms with Crippen molar-refractivity contribution in [1.82, 2.24) is 20.4 Å². The fraction of sp³-hybridized carbons (Fsp3) is 0.0556. The summed E-state index contributed by atoms with van der Waals surface area (Å²) in [6.07, 6.45) is 3.41. The second kappa shape index (κ2) is 8.70. The van der Waals surface area contributed by atoms with E-state index in [1.165, 1.54) is 36.0 Å². The molecule has 0 saturated heterocycles. The number of hydrogen-bond donors (Lipinski definition) is 2. The fourth-order valence-corrected chi connectivity index (χ4v) is 3.06. The maximum atomic E-state index is 12.9. The van der Waals surface area contributed by atoms with Gasteiger partial charge in [0.1, 0.15) is 5.82 Å². The summed E-state index contributed by atoms with van der Waals surface area (Å²) in [7, 11) is 0. The topological polar surface area (TPSA) is 76.0 Å². The number of thioether (sulfide) groups is 1. The summed E-state index contributed by atoms with van der Waals surface area (Å²) in [6, 6.07) is 12.2. The van der Waals surface area contributed by atoms with Crippen LogP contribution in [0.25, 0.3) is 5.69 Å². The van der Waals surface area contributed by atoms with E-state index in [1.807, 2.05) is 16.7 Å². The molecule has 0 radical (unpaired) electrons. The third-order valence-corrected chi connectivity index (χ3v) is 4.68. The highest BCUT2D eigenvalue weighted by Crippen LogP contribution is 2.21. The van der Waals surface area contributed by atoms with E-state index in [0.717, 1.165) is 5.69 Å². The molecule has 0 saturated carbocycles. The van der Waals surface area contributed by atoms with Crippen molar-refractivity contribution in [3.63, 3.8) is 0 Å². The standard InChI is InChI=1S/C18H14ClFN4O2S/c19-13-3-7-15(8-4-13)24-10-9-21-18(24)27-11-16(25)22-23-17(26)12-1-5-14(20)6-2-12/h1-10H,11H2,(H,22,25)(H,23,26). The lowest BCUT2D eigenvalue weighted by Crippen LogP contribution is -2.42. The van der Waals surface area contributed by atoms with Crippen molar-refractivity contribution in [3.05, 3.63) is 77.3 Å². The van der Waals surface area contributed by atoms with E-state index < -0.39 is 17.6 Å². The summed E-state index contributed by atoms with van der Waals surface area (Å²) >= 11 is 7.11. The Hall–Kier alpha value is -2.84. The Morgan fingerprint density at radius 2 is 1.78 bits per heavy atom. The maximum Gasteiger partial charge on any atom is 0.269 e. The van der Waals surface area contributed by atoms with Crippen LogP contribution in [-0.2, 0) is 4.79 Å². The van der Waals surface area contributed by atoms with Crippen LogP contribution >= 0.6 is 23.4 Å². The van der Waals surface area contributed by atoms with Crippen LogP contribution in [0.5, 0.6) is 0 Å². The number of nitrogens with zero attached hydrogens (tertiary/aromatic N) is 2. The summed E-state index contributed by atoms with van der Waals surface area (Å²) < 4.78 is 14.7. The summed E-state index contributed by atoms with van der Waals surface area (Å²) in [6.45, 7) is 0. The van der Waals surface area contributed by atoms with Gasteiger partial charge in [-0.05, 0) is 48.5 Å². The molecule has 3 rings (SSSR count). The van der Waals surface area contributed by atoms with Gasteiger partial charge < -0.3 is 0 Å². The molecule has 0 fully saturated rings. The van der Waals surface area contributed by atoms with Crippen molar-refractivity contribution < 1.29 is 14.0 Å². The molecule has 138 valence electrons. The van der Waals surface area contributed by atoms with Crippen LogP contribution in [0.4, 0.5) is 4.39 Å². The van der Waals surface area contributed by atoms with Gasteiger partial charge in [-0.15, -0.1) is 0 Å². The predicted octanol–water partition coefficient (Wildman–Crippen LogP) is 3.22. The van der Waals surface area contributed by atoms with Crippen LogP contribution in [0.2, 0.25) is 5.02 Å². The zero-order valence-corrected chi connectivity index (χ0v) is 15.4. The first-order valence-corrected chi connectivity index (χ1v) is 9.16. The minimum Gasteiger partial charge on any atom is -0.295 e. The second-order valence-electron chi connectivity index (χ2n) is 5.35. The monoisotopic (exact) mass is 404 g/mol. The number of rotatable bonds is 5. The first-order chi connectivity index (χ1) is 13.0. The first kappa shape index (κ1) is 18.9. The van der Waals surface area contributed by atoms with Crippen molar-refractivity contribution in [2.75, 3.05) is 5.75 Å². The van der Waals surface area contributed by atoms with Gasteiger partial charge in [0.15, 0.2) is 5.16 Å². The minimum absolute atomic E-state index is 0.0499. The lowest BCUT2D eigenvalue weighted by atomic mass is 10.2. The maximum absolute atomic E-state index is 12.9. The number of amides is 2. The lowest BCUT2D eigenvalue weighted by Gasteiger charge is -2.09. The van der Waals surface area contributed by atoms with Crippen molar-refractivity contribution in [3.8, 4) is 5.69 Å². The summed E-state index contributed by atoms with van der Waals surface area (Å²) in [5, 5.41) is 1.25. The highest BCUT2D eigenvalue weighted by molar-refractivity contribution is 7.99. The van der Waals surface area contributed by atoms with Crippen LogP contribution in [0.1, 0.15) is 10.4 Å². The van der Waals surface area contributed by atoms with E-state index in [1.54, 1.807) is 24.5 Å². The van der Waals surface area contributed by atoms with Gasteiger partial charge in [0.2, 0.25) is 5.91 Å². The smallest absolute Gasteiger partial charge is 0.269 e. The third-order valence-electron chi connectivity index (χ3n) is 3.47. The van der Waals surface area contributed by atoms with Crippen LogP contribution in [0.3, 0.4) is 0 Å². The highest BCUT2D eigenvalue weighted by atomic mass is 35.5. The Morgan fingerprint density at radius 3 is 2.48 bits per heavy atom. The Labute approximate surface area is 163 Å². The molecule has 0 atom stereocenters. The molecule has 0 bridgehead atoms. The van der Waals surface area contributed by atoms with Crippen molar-refractivity contribution in [1.29, 1.82) is 0 Å². The van der Waals surface area contributed by atoms with E-state index in [2.05, 4.69) is 15.8 Å². The second-order valence-corrected chi connectivity index (χ2v) is 6.73. The molecule has 0 unspecified atom stereocenters. The molecule has 6 nitrogen and oxygen atoms in total. The molecule has 2 N–H and O–H groups in total. The number of carbonyl (C=O) groups is 2. The molecule has 2 amide bonds. The molecular formula is C18H14ClFN4O2S. The number of aromatic nitrogens is 2. The Bertz CT molecular complexity index is 945. The van der Waals surface area contributed by atoms with E-state index in [9.17, 15) is 14.0 Å². The van der Waals surface area contributed by atoms with Gasteiger partial charge in [-0.2, -0.15) is 0 Å². The highest BCUT2D eigenvalue weighted by Gasteiger charge is 2.11. The number of carbonyl (C=O) groups excluding carboxylic acids is 2. The molecule has 9 heteroatoms. The van der Waals surface area contributed by atoms with E-state index in [-0.39, 0.29) is 11.3 Å². The van der Waals surface area contributed by atoms with E-state index >= 15 is 0 Å². The quantitative estimate of drug-likeness (QED) is 0.505. The largest absolute Gasteiger partial charge is 0.295 e. The average molecular weight is 405 g/mol. The number of halogens is 2. The van der Waals surface area contributed by atoms with Crippen molar-refractivity contribution in [2.45, 2.75) is 5.16 Å². The summed E-state index contributed by atoms with van der Waals surface area (Å²) in [5.41, 5.74) is 5.71. The molecule has 0 aliphatic carbocycles. The van der Waals surface area contributed by atoms with Crippen LogP contribution in [0.15, 0.2) is 66.1 Å². The van der Waals surface area contributed by atoms with E-state index in [0.29, 0.717) is 10.2 Å². The molecule has 2 aromatic carbocycles. The summed E-state index contributed by atoms with van der Waals surface area (Å²) in [5.74, 6) is -1.32. The minimum atomic E-state index is -0.531. The number of benzene rings is 2. The molecular weight excluding hydrogens is 391 g/mol. The SMILES string of the molecule is O=C(CSc1nccn1-c1ccc(Cl)cc1)NNC(=O)c1ccc(F)cc1. The van der Waals surface area contributed by atoms with Gasteiger partial charge >= 0.3 is 0 Å². The van der Waals surface area contributed by atoms with Crippen LogP contribution < -0.4 is 10.9 Å². The van der Waals surface area contributed by atoms with Gasteiger partial charge in [0.05, 0.1) is 5.75 Å². The molecule has 0 aliphatic rings. The van der Waals surface area contributed by atoms with E-state index in [4.69, 9.17) is 11.6 Å². The summed E-state index contributed by atoms with van der Waals surface area (Å²) in [4.78, 5) is 28.1. The first-order valence-electron chi connectivity index (χ1n) is 7.80. The predicted molar refractivity (Wildman–Crippen MR) is 101 cm³/mol. The van der Waals surface area contributed by atoms with Crippen molar-refractivity contribution >= 4 is 35.2 Å². The third kappa shape index (κ3) is 5.08. The Kier molecular flexibility index (Phi) is 6.10. The number of nitrogens with one attached hydrogen (secondary N) is 2. The zero-order chi connectivity index (χ0) is 19.2. The van der Waals surface area contributed by atoms with Crippen LogP contribution in [0, 0.1) is 5.82 Å². The molecule has 1 heterocycles. The number of hydrazine groups is 1. The number of imidazole rings is 1. The van der Waals surface area contributed by atoms with Gasteiger partial charge in [-0.1, -0.05) is 23.4 Å². The Balaban J connectivity index is 1.52. The number of hydrogen-bond acceptors (Lipinski definition) is 4. The van der Waals surface area contributed by atoms with Crippen molar-refractivity contribution in [2.24, 2.45) is 0 Å². The van der Waals surface area contributed by atoms with Gasteiger partial charge in [0.25, 0.3) is 5.91 Å². The molecule has 1 aromatic heterocycles. The lowest BCUT2D eigenvalue weighted by molar-refractivity contribution is -0.119. The Morgan fingerprint density at radius 1 is 1.07 bits per heavy atom.